The quantitative estimate of drug-likeness (QED) is 0.521. The highest BCUT2D eigenvalue weighted by Crippen LogP contribution is 2.22. The number of anilines is 1. The van der Waals surface area contributed by atoms with Crippen molar-refractivity contribution in [1.82, 2.24) is 20.2 Å². The highest BCUT2D eigenvalue weighted by molar-refractivity contribution is 6.24. The molecule has 1 amide bonds. The highest BCUT2D eigenvalue weighted by atomic mass is 19.1. The Balaban J connectivity index is 1.75. The van der Waals surface area contributed by atoms with Crippen LogP contribution in [-0.4, -0.2) is 26.1 Å². The molecule has 0 spiro atoms. The van der Waals surface area contributed by atoms with Gasteiger partial charge in [0.1, 0.15) is 17.3 Å². The summed E-state index contributed by atoms with van der Waals surface area (Å²) < 4.78 is 20.5. The van der Waals surface area contributed by atoms with Gasteiger partial charge in [-0.3, -0.25) is 4.79 Å². The summed E-state index contributed by atoms with van der Waals surface area (Å²) >= 11 is 0. The number of rotatable bonds is 5. The molecule has 0 saturated carbocycles. The lowest BCUT2D eigenvalue weighted by molar-refractivity contribution is -0.111. The van der Waals surface area contributed by atoms with E-state index in [1.165, 1.54) is 23.1 Å². The number of benzene rings is 2. The molecule has 0 aliphatic heterocycles. The zero-order valence-corrected chi connectivity index (χ0v) is 15.4. The number of carbonyl (C=O) groups is 1. The molecule has 1 N–H and O–H groups in total. The first kappa shape index (κ1) is 18.3. The second kappa shape index (κ2) is 7.89. The van der Waals surface area contributed by atoms with E-state index in [0.29, 0.717) is 22.8 Å². The maximum absolute atomic E-state index is 13.9. The molecule has 7 nitrogen and oxygen atoms in total. The van der Waals surface area contributed by atoms with Gasteiger partial charge >= 0.3 is 0 Å². The van der Waals surface area contributed by atoms with Crippen LogP contribution in [0.25, 0.3) is 23.2 Å². The molecule has 2 aromatic carbocycles. The Kier molecular flexibility index (Phi) is 4.98. The minimum Gasteiger partial charge on any atom is -0.465 e. The Morgan fingerprint density at radius 3 is 2.69 bits per heavy atom. The van der Waals surface area contributed by atoms with Gasteiger partial charge in [-0.05, 0) is 47.2 Å². The molecule has 0 fully saturated rings. The van der Waals surface area contributed by atoms with Crippen molar-refractivity contribution in [2.75, 3.05) is 5.32 Å². The lowest BCUT2D eigenvalue weighted by Gasteiger charge is -2.11. The van der Waals surface area contributed by atoms with Crippen LogP contribution >= 0.6 is 0 Å². The normalized spacial score (nSPS) is 11.4. The Morgan fingerprint density at radius 2 is 1.97 bits per heavy atom. The second-order valence-electron chi connectivity index (χ2n) is 6.24. The summed E-state index contributed by atoms with van der Waals surface area (Å²) in [5, 5.41) is 14.4. The molecule has 0 aliphatic carbocycles. The second-order valence-corrected chi connectivity index (χ2v) is 6.24. The number of aromatic nitrogens is 4. The zero-order valence-electron chi connectivity index (χ0n) is 15.4. The summed E-state index contributed by atoms with van der Waals surface area (Å²) in [5.74, 6) is -0.103. The van der Waals surface area contributed by atoms with E-state index in [1.54, 1.807) is 31.2 Å². The summed E-state index contributed by atoms with van der Waals surface area (Å²) in [6.45, 7) is 1.65. The van der Waals surface area contributed by atoms with Crippen LogP contribution in [-0.2, 0) is 4.79 Å². The maximum Gasteiger partial charge on any atom is 0.274 e. The Morgan fingerprint density at radius 1 is 1.14 bits per heavy atom. The molecular formula is C21H16FN5O2. The molecule has 4 rings (SSSR count). The molecule has 0 aliphatic rings. The molecular weight excluding hydrogens is 373 g/mol. The third-order valence-electron chi connectivity index (χ3n) is 4.21. The van der Waals surface area contributed by atoms with Crippen LogP contribution < -0.4 is 5.32 Å². The smallest absolute Gasteiger partial charge is 0.274 e. The fraction of sp³-hybridized carbons (Fsp3) is 0.0476. The fourth-order valence-corrected chi connectivity index (χ4v) is 2.71. The van der Waals surface area contributed by atoms with Gasteiger partial charge in [0.25, 0.3) is 5.91 Å². The number of tetrazole rings is 1. The fourth-order valence-electron chi connectivity index (χ4n) is 2.71. The predicted molar refractivity (Wildman–Crippen MR) is 106 cm³/mol. The van der Waals surface area contributed by atoms with Gasteiger partial charge in [-0.2, -0.15) is 4.68 Å². The van der Waals surface area contributed by atoms with E-state index in [-0.39, 0.29) is 5.70 Å². The van der Waals surface area contributed by atoms with Crippen molar-refractivity contribution in [2.24, 2.45) is 0 Å². The van der Waals surface area contributed by atoms with Gasteiger partial charge in [-0.15, -0.1) is 5.10 Å². The summed E-state index contributed by atoms with van der Waals surface area (Å²) in [5.41, 5.74) is 1.65. The average Bonchev–Trinajstić information content (AvgIpc) is 3.41. The van der Waals surface area contributed by atoms with Crippen LogP contribution in [0.3, 0.4) is 0 Å². The van der Waals surface area contributed by atoms with E-state index in [0.717, 1.165) is 5.56 Å². The van der Waals surface area contributed by atoms with Gasteiger partial charge in [-0.1, -0.05) is 36.4 Å². The lowest BCUT2D eigenvalue weighted by Crippen LogP contribution is -2.19. The summed E-state index contributed by atoms with van der Waals surface area (Å²) in [4.78, 5) is 13.1. The van der Waals surface area contributed by atoms with E-state index in [2.05, 4.69) is 20.8 Å². The van der Waals surface area contributed by atoms with Crippen LogP contribution in [0.15, 0.2) is 71.3 Å². The molecule has 144 valence electrons. The van der Waals surface area contributed by atoms with Gasteiger partial charge in [0.05, 0.1) is 6.26 Å². The molecule has 0 unspecified atom stereocenters. The van der Waals surface area contributed by atoms with Gasteiger partial charge in [0, 0.05) is 17.3 Å². The zero-order chi connectivity index (χ0) is 20.2. The van der Waals surface area contributed by atoms with Crippen molar-refractivity contribution in [3.05, 3.63) is 84.1 Å². The van der Waals surface area contributed by atoms with E-state index in [9.17, 15) is 9.18 Å². The lowest BCUT2D eigenvalue weighted by atomic mass is 10.2. The molecule has 8 heteroatoms. The topological polar surface area (TPSA) is 85.8 Å². The Labute approximate surface area is 165 Å². The van der Waals surface area contributed by atoms with Gasteiger partial charge in [0.2, 0.25) is 0 Å². The van der Waals surface area contributed by atoms with Crippen LogP contribution in [0.4, 0.5) is 10.1 Å². The van der Waals surface area contributed by atoms with Gasteiger partial charge in [0.15, 0.2) is 5.82 Å². The number of aryl methyl sites for hydroxylation is 1. The van der Waals surface area contributed by atoms with Crippen LogP contribution in [0.5, 0.6) is 0 Å². The minimum absolute atomic E-state index is 0.116. The number of nitrogens with one attached hydrogen (secondary N) is 1. The molecule has 0 bridgehead atoms. The number of carbonyl (C=O) groups excluding carboxylic acids is 1. The van der Waals surface area contributed by atoms with Crippen molar-refractivity contribution in [3.63, 3.8) is 0 Å². The van der Waals surface area contributed by atoms with E-state index >= 15 is 0 Å². The van der Waals surface area contributed by atoms with E-state index in [4.69, 9.17) is 4.42 Å². The Hall–Kier alpha value is -4.07. The van der Waals surface area contributed by atoms with Crippen molar-refractivity contribution < 1.29 is 13.6 Å². The third-order valence-corrected chi connectivity index (χ3v) is 4.21. The molecule has 4 aromatic rings. The first-order chi connectivity index (χ1) is 14.1. The number of nitrogens with zero attached hydrogens (tertiary/aromatic N) is 4. The number of furan rings is 1. The molecule has 29 heavy (non-hydrogen) atoms. The molecule has 0 saturated heterocycles. The summed E-state index contributed by atoms with van der Waals surface area (Å²) in [6.07, 6.45) is 3.01. The SMILES string of the molecule is Cc1ccc(NC(=O)/C(=C/c2ccco2)n2nnnc2-c2ccccc2)cc1F. The van der Waals surface area contributed by atoms with Crippen LogP contribution in [0, 0.1) is 12.7 Å². The van der Waals surface area contributed by atoms with Crippen molar-refractivity contribution in [3.8, 4) is 11.4 Å². The standard InChI is InChI=1S/C21H16FN5O2/c1-14-9-10-16(12-18(14)22)23-21(28)19(13-17-8-5-11-29-17)27-20(24-25-26-27)15-6-3-2-4-7-15/h2-13H,1H3,(H,23,28)/b19-13-. The van der Waals surface area contributed by atoms with E-state index < -0.39 is 11.7 Å². The predicted octanol–water partition coefficient (Wildman–Crippen LogP) is 4.02. The maximum atomic E-state index is 13.9. The Bertz CT molecular complexity index is 1170. The molecule has 0 radical (unpaired) electrons. The number of hydrogen-bond donors (Lipinski definition) is 1. The monoisotopic (exact) mass is 389 g/mol. The van der Waals surface area contributed by atoms with Gasteiger partial charge in [-0.25, -0.2) is 4.39 Å². The number of amides is 1. The first-order valence-electron chi connectivity index (χ1n) is 8.79. The minimum atomic E-state index is -0.519. The average molecular weight is 389 g/mol. The highest BCUT2D eigenvalue weighted by Gasteiger charge is 2.20. The summed E-state index contributed by atoms with van der Waals surface area (Å²) in [7, 11) is 0. The summed E-state index contributed by atoms with van der Waals surface area (Å²) in [6, 6.07) is 17.1. The molecule has 2 heterocycles. The van der Waals surface area contributed by atoms with Crippen molar-refractivity contribution >= 4 is 23.4 Å². The first-order valence-corrected chi connectivity index (χ1v) is 8.79. The van der Waals surface area contributed by atoms with Crippen molar-refractivity contribution in [1.29, 1.82) is 0 Å². The largest absolute Gasteiger partial charge is 0.465 e. The third kappa shape index (κ3) is 3.96. The van der Waals surface area contributed by atoms with E-state index in [1.807, 2.05) is 30.3 Å². The number of hydrogen-bond acceptors (Lipinski definition) is 5. The van der Waals surface area contributed by atoms with Gasteiger partial charge < -0.3 is 9.73 Å². The number of halogens is 1. The van der Waals surface area contributed by atoms with Crippen LogP contribution in [0.1, 0.15) is 11.3 Å². The van der Waals surface area contributed by atoms with Crippen LogP contribution in [0.2, 0.25) is 0 Å². The molecule has 0 atom stereocenters. The van der Waals surface area contributed by atoms with Crippen molar-refractivity contribution in [2.45, 2.75) is 6.92 Å². The molecule has 2 aromatic heterocycles.